The van der Waals surface area contributed by atoms with Crippen molar-refractivity contribution in [1.29, 1.82) is 0 Å². The first-order valence-electron chi connectivity index (χ1n) is 21.8. The number of hydrogen-bond acceptors (Lipinski definition) is 16. The van der Waals surface area contributed by atoms with Crippen molar-refractivity contribution in [1.82, 2.24) is 20.6 Å². The highest BCUT2D eigenvalue weighted by Crippen LogP contribution is 2.45. The summed E-state index contributed by atoms with van der Waals surface area (Å²) in [6.07, 6.45) is -0.0567. The molecule has 1 atom stereocenters. The Bertz CT molecular complexity index is 3280. The van der Waals surface area contributed by atoms with E-state index >= 15 is 0 Å². The van der Waals surface area contributed by atoms with Gasteiger partial charge in [-0.25, -0.2) is 18.6 Å². The Morgan fingerprint density at radius 1 is 0.887 bits per heavy atom. The van der Waals surface area contributed by atoms with Gasteiger partial charge in [-0.15, -0.1) is 0 Å². The number of amides is 2. The number of hydrazine groups is 1. The number of aromatic nitrogens is 1. The Morgan fingerprint density at radius 2 is 1.59 bits per heavy atom. The molecule has 25 heteroatoms. The van der Waals surface area contributed by atoms with E-state index in [4.69, 9.17) is 25.0 Å². The molecule has 0 bridgehead atoms. The summed E-state index contributed by atoms with van der Waals surface area (Å²) >= 11 is 0. The van der Waals surface area contributed by atoms with Crippen LogP contribution in [0.5, 0.6) is 0 Å². The van der Waals surface area contributed by atoms with Crippen LogP contribution in [0.3, 0.4) is 0 Å². The van der Waals surface area contributed by atoms with E-state index < -0.39 is 87.8 Å². The molecule has 0 unspecified atom stereocenters. The molecule has 1 aromatic heterocycles. The quantitative estimate of drug-likeness (QED) is 0.0132. The van der Waals surface area contributed by atoms with Crippen LogP contribution in [0.4, 0.5) is 11.5 Å². The van der Waals surface area contributed by atoms with Crippen molar-refractivity contribution in [2.75, 3.05) is 57.8 Å². The lowest BCUT2D eigenvalue weighted by Gasteiger charge is -2.21. The standard InChI is InChI=1S/C46H51N7O16S2/c1-49-52(2)38-25-26-6-3-4-7-35(26)53(38)19-17-37(55)51-34(15-16-39(56)57)36(54)8-5-20-67-22-23-68-21-18-50-45(58)27-9-10-28(31(24-27)46(59)60)40-29-11-13-32(47)43(70(61,62)63)41(29)69-42-30(40)12-14-33(48)44(42)71(64,65)66/h3-4,6-7,9-14,24-25,34,47,49H,5,8,15-23,48H2,1-2H3,(H,50,58)(H,51,55)(H,56,57)(H,59,60)(H,61,62,63)(H,64,65,66)/t34-/m0/s1. The lowest BCUT2D eigenvalue weighted by atomic mass is 9.89. The van der Waals surface area contributed by atoms with Gasteiger partial charge in [-0.05, 0) is 60.9 Å². The van der Waals surface area contributed by atoms with Gasteiger partial charge in [-0.1, -0.05) is 24.3 Å². The second-order valence-corrected chi connectivity index (χ2v) is 18.7. The molecule has 378 valence electrons. The minimum Gasteiger partial charge on any atom is -0.744 e. The van der Waals surface area contributed by atoms with E-state index in [9.17, 15) is 60.1 Å². The van der Waals surface area contributed by atoms with Gasteiger partial charge >= 0.3 is 22.1 Å². The number of fused-ring (bicyclic) bond motifs is 3. The number of nitrogen functional groups attached to an aromatic ring is 1. The number of aliphatic carboxylic acids is 1. The molecule has 1 aliphatic heterocycles. The normalized spacial score (nSPS) is 12.3. The van der Waals surface area contributed by atoms with Crippen LogP contribution in [0.25, 0.3) is 44.3 Å². The number of para-hydroxylation sites is 1. The molecule has 4 aromatic rings. The van der Waals surface area contributed by atoms with E-state index in [2.05, 4.69) is 16.1 Å². The number of aromatic carboxylic acids is 1. The number of Topliss-reactive ketones (excluding diaryl/α,β-unsaturated/α-hetero) is 1. The van der Waals surface area contributed by atoms with Crippen LogP contribution in [-0.4, -0.2) is 123 Å². The number of nitrogens with two attached hydrogens (primary N) is 2. The van der Waals surface area contributed by atoms with Gasteiger partial charge in [0.05, 0.1) is 37.1 Å². The van der Waals surface area contributed by atoms with Gasteiger partial charge in [0, 0.05) is 92.1 Å². The first-order chi connectivity index (χ1) is 33.6. The van der Waals surface area contributed by atoms with Crippen molar-refractivity contribution >= 4 is 83.1 Å². The topological polar surface area (TPSA) is 365 Å². The molecule has 0 radical (unpaired) electrons. The molecule has 2 amide bonds. The Hall–Kier alpha value is -7.26. The zero-order valence-electron chi connectivity index (χ0n) is 38.3. The number of anilines is 2. The first kappa shape index (κ1) is 53.1. The maximum absolute atomic E-state index is 13.2. The zero-order valence-corrected chi connectivity index (χ0v) is 39.9. The molecule has 23 nitrogen and oxygen atoms in total. The Labute approximate surface area is 405 Å². The van der Waals surface area contributed by atoms with Gasteiger partial charge in [0.1, 0.15) is 20.8 Å². The fourth-order valence-electron chi connectivity index (χ4n) is 7.96. The average molecular weight is 1020 g/mol. The maximum Gasteiger partial charge on any atom is 0.336 e. The molecule has 0 saturated heterocycles. The van der Waals surface area contributed by atoms with E-state index in [1.165, 1.54) is 24.3 Å². The first-order valence-corrected chi connectivity index (χ1v) is 24.7. The third kappa shape index (κ3) is 12.6. The second-order valence-electron chi connectivity index (χ2n) is 16.0. The molecule has 0 spiro atoms. The predicted octanol–water partition coefficient (Wildman–Crippen LogP) is 1.37. The minimum absolute atomic E-state index is 0.00921. The number of carbonyl (C=O) groups is 5. The summed E-state index contributed by atoms with van der Waals surface area (Å²) in [5.74, 6) is -4.01. The van der Waals surface area contributed by atoms with Gasteiger partial charge in [0.2, 0.25) is 16.2 Å². The number of carboxylic acids is 2. The maximum atomic E-state index is 13.2. The van der Waals surface area contributed by atoms with Crippen molar-refractivity contribution in [2.45, 2.75) is 54.5 Å². The van der Waals surface area contributed by atoms with Gasteiger partial charge in [-0.2, -0.15) is 8.42 Å². The van der Waals surface area contributed by atoms with Gasteiger partial charge < -0.3 is 49.6 Å². The van der Waals surface area contributed by atoms with E-state index in [0.717, 1.165) is 34.9 Å². The van der Waals surface area contributed by atoms with Crippen molar-refractivity contribution in [3.63, 3.8) is 0 Å². The van der Waals surface area contributed by atoms with E-state index in [1.807, 2.05) is 47.0 Å². The highest BCUT2D eigenvalue weighted by atomic mass is 32.2. The van der Waals surface area contributed by atoms with E-state index in [1.54, 1.807) is 7.05 Å². The predicted molar refractivity (Wildman–Crippen MR) is 254 cm³/mol. The molecular weight excluding hydrogens is 971 g/mol. The number of ether oxygens (including phenoxy) is 2. The summed E-state index contributed by atoms with van der Waals surface area (Å²) in [6.45, 7) is 0.657. The summed E-state index contributed by atoms with van der Waals surface area (Å²) in [7, 11) is -6.98. The summed E-state index contributed by atoms with van der Waals surface area (Å²) in [4.78, 5) is 61.4. The van der Waals surface area contributed by atoms with E-state index in [-0.39, 0.29) is 98.5 Å². The number of hydrogen-bond donors (Lipinski definition) is 8. The molecule has 0 saturated carbocycles. The third-order valence-corrected chi connectivity index (χ3v) is 13.2. The number of aryl methyl sites for hydroxylation is 1. The van der Waals surface area contributed by atoms with Crippen LogP contribution in [0.2, 0.25) is 0 Å². The number of nitrogens with zero attached hydrogens (tertiary/aromatic N) is 2. The van der Waals surface area contributed by atoms with Crippen molar-refractivity contribution < 1.29 is 79.4 Å². The molecule has 71 heavy (non-hydrogen) atoms. The molecule has 6 rings (SSSR count). The molecule has 1 aliphatic carbocycles. The largest absolute Gasteiger partial charge is 0.744 e. The van der Waals surface area contributed by atoms with E-state index in [0.29, 0.717) is 6.54 Å². The fraction of sp³-hybridized carbons (Fsp3) is 0.304. The molecule has 2 aliphatic rings. The van der Waals surface area contributed by atoms with Crippen LogP contribution in [0, 0.1) is 0 Å². The lowest BCUT2D eigenvalue weighted by molar-refractivity contribution is -0.176. The fourth-order valence-corrected chi connectivity index (χ4v) is 9.45. The monoisotopic (exact) mass is 1020 g/mol. The molecule has 3 aromatic carbocycles. The number of benzene rings is 4. The number of nitrogens with one attached hydrogen (secondary N) is 3. The van der Waals surface area contributed by atoms with Gasteiger partial charge in [0.25, 0.3) is 5.91 Å². The van der Waals surface area contributed by atoms with Crippen LogP contribution < -0.4 is 37.6 Å². The van der Waals surface area contributed by atoms with Crippen LogP contribution in [0.15, 0.2) is 87.0 Å². The summed E-state index contributed by atoms with van der Waals surface area (Å²) in [5, 5.41) is 32.9. The van der Waals surface area contributed by atoms with Gasteiger partial charge in [0.15, 0.2) is 17.1 Å². The zero-order chi connectivity index (χ0) is 51.8. The van der Waals surface area contributed by atoms with Gasteiger partial charge in [-0.3, -0.25) is 34.1 Å². The smallest absolute Gasteiger partial charge is 0.336 e. The van der Waals surface area contributed by atoms with Crippen LogP contribution >= 0.6 is 0 Å². The van der Waals surface area contributed by atoms with Crippen LogP contribution in [-0.2, 0) is 50.6 Å². The number of carbonyl (C=O) groups excluding carboxylic acids is 3. The van der Waals surface area contributed by atoms with Crippen molar-refractivity contribution in [3.8, 4) is 22.5 Å². The summed E-state index contributed by atoms with van der Waals surface area (Å²) in [6, 6.07) is 16.8. The number of carboxylic acid groups (broad SMARTS) is 2. The highest BCUT2D eigenvalue weighted by molar-refractivity contribution is 7.86. The van der Waals surface area contributed by atoms with Crippen molar-refractivity contribution in [3.05, 3.63) is 89.3 Å². The molecule has 2 heterocycles. The lowest BCUT2D eigenvalue weighted by Crippen LogP contribution is -2.47. The Morgan fingerprint density at radius 3 is 2.27 bits per heavy atom. The number of ketones is 1. The Balaban J connectivity index is 1.01. The molecule has 10 N–H and O–H groups in total. The number of rotatable bonds is 25. The SMILES string of the molecule is CNN(C)c1cc2ccccc2n1CCC(=O)N[C@@H](CCC(=O)O)C(=O)CCCOCCOCCNC(=O)c1ccc(-c2c3ccc(=[NH2+])c(S(=O)(=O)O)c-3oc3c(S(=O)(=O)[O-])c(N)ccc23)c(C(=O)O)c1. The summed E-state index contributed by atoms with van der Waals surface area (Å²) in [5.41, 5.74) is 7.34. The molecule has 0 fully saturated rings. The average Bonchev–Trinajstić information content (AvgIpc) is 3.68. The van der Waals surface area contributed by atoms with Crippen molar-refractivity contribution in [2.24, 2.45) is 0 Å². The summed E-state index contributed by atoms with van der Waals surface area (Å²) < 4.78 is 91.0. The second kappa shape index (κ2) is 22.7. The third-order valence-electron chi connectivity index (χ3n) is 11.3. The Kier molecular flexibility index (Phi) is 16.9. The highest BCUT2D eigenvalue weighted by Gasteiger charge is 2.32. The molecular formula is C46H51N7O16S2. The van der Waals surface area contributed by atoms with Crippen LogP contribution in [0.1, 0.15) is 52.8 Å². The minimum atomic E-state index is -5.41.